The van der Waals surface area contributed by atoms with Crippen LogP contribution < -0.4 is 21.4 Å². The molecule has 0 amide bonds. The van der Waals surface area contributed by atoms with Crippen LogP contribution in [0.15, 0.2) is 75.4 Å². The first kappa shape index (κ1) is 24.7. The molecule has 0 bridgehead atoms. The number of fused-ring (bicyclic) bond motifs is 1. The van der Waals surface area contributed by atoms with Gasteiger partial charge in [-0.25, -0.2) is 10.2 Å². The van der Waals surface area contributed by atoms with E-state index in [0.29, 0.717) is 11.5 Å². The molecule has 10 nitrogen and oxygen atoms in total. The van der Waals surface area contributed by atoms with E-state index >= 15 is 0 Å². The monoisotopic (exact) mass is 488 g/mol. The number of aromatic nitrogens is 4. The van der Waals surface area contributed by atoms with E-state index in [1.54, 1.807) is 0 Å². The summed E-state index contributed by atoms with van der Waals surface area (Å²) >= 11 is 0. The van der Waals surface area contributed by atoms with Gasteiger partial charge in [0, 0.05) is 7.05 Å². The number of rotatable bonds is 9. The minimum Gasteiger partial charge on any atom is -0.491 e. The molecule has 0 aliphatic heterocycles. The number of aromatic amines is 1. The lowest BCUT2D eigenvalue weighted by Gasteiger charge is -2.16. The summed E-state index contributed by atoms with van der Waals surface area (Å²) in [6.45, 7) is 3.71. The Bertz CT molecular complexity index is 1530. The number of aliphatic hydroxyl groups is 1. The fraction of sp³-hybridized carbons (Fsp3) is 0.231. The number of nitrogens with one attached hydrogen (secondary N) is 2. The molecule has 2 aromatic heterocycles. The van der Waals surface area contributed by atoms with Crippen LogP contribution in [0.3, 0.4) is 0 Å². The number of imidazole rings is 1. The predicted octanol–water partition coefficient (Wildman–Crippen LogP) is 2.67. The normalized spacial score (nSPS) is 12.8. The van der Waals surface area contributed by atoms with E-state index in [9.17, 15) is 14.7 Å². The van der Waals surface area contributed by atoms with Gasteiger partial charge in [0.05, 0.1) is 12.3 Å². The largest absolute Gasteiger partial charge is 0.491 e. The zero-order valence-corrected chi connectivity index (χ0v) is 20.3. The van der Waals surface area contributed by atoms with Gasteiger partial charge in [-0.3, -0.25) is 14.3 Å². The van der Waals surface area contributed by atoms with Crippen molar-refractivity contribution in [1.82, 2.24) is 19.1 Å². The summed E-state index contributed by atoms with van der Waals surface area (Å²) in [5.41, 5.74) is 4.62. The van der Waals surface area contributed by atoms with Gasteiger partial charge >= 0.3 is 5.69 Å². The minimum atomic E-state index is -0.970. The van der Waals surface area contributed by atoms with Crippen molar-refractivity contribution in [3.8, 4) is 5.75 Å². The van der Waals surface area contributed by atoms with E-state index < -0.39 is 17.4 Å². The van der Waals surface area contributed by atoms with Crippen LogP contribution in [0.4, 0.5) is 5.95 Å². The van der Waals surface area contributed by atoms with Gasteiger partial charge in [-0.2, -0.15) is 10.1 Å². The predicted molar refractivity (Wildman–Crippen MR) is 140 cm³/mol. The quantitative estimate of drug-likeness (QED) is 0.246. The molecule has 10 heteroatoms. The van der Waals surface area contributed by atoms with Crippen LogP contribution in [0.1, 0.15) is 18.1 Å². The second kappa shape index (κ2) is 10.9. The number of hydrogen-bond acceptors (Lipinski definition) is 7. The molecule has 1 atom stereocenters. The summed E-state index contributed by atoms with van der Waals surface area (Å²) in [5, 5.41) is 15.1. The number of para-hydroxylation sites is 1. The van der Waals surface area contributed by atoms with E-state index in [2.05, 4.69) is 20.5 Å². The lowest BCUT2D eigenvalue weighted by atomic mass is 10.2. The van der Waals surface area contributed by atoms with Crippen molar-refractivity contribution in [2.24, 2.45) is 12.1 Å². The van der Waals surface area contributed by atoms with Crippen molar-refractivity contribution in [2.75, 3.05) is 12.0 Å². The molecule has 2 heterocycles. The fourth-order valence-corrected chi connectivity index (χ4v) is 3.62. The van der Waals surface area contributed by atoms with Gasteiger partial charge in [-0.1, -0.05) is 54.6 Å². The molecule has 0 spiro atoms. The third kappa shape index (κ3) is 5.61. The van der Waals surface area contributed by atoms with Crippen LogP contribution in [-0.4, -0.2) is 42.6 Å². The third-order valence-electron chi connectivity index (χ3n) is 5.57. The van der Waals surface area contributed by atoms with Gasteiger partial charge in [-0.15, -0.1) is 0 Å². The third-order valence-corrected chi connectivity index (χ3v) is 5.57. The van der Waals surface area contributed by atoms with Gasteiger partial charge in [-0.05, 0) is 37.1 Å². The Morgan fingerprint density at radius 1 is 1.19 bits per heavy atom. The average molecular weight is 489 g/mol. The molecule has 0 saturated carbocycles. The second-order valence-corrected chi connectivity index (χ2v) is 8.38. The van der Waals surface area contributed by atoms with E-state index in [-0.39, 0.29) is 30.3 Å². The van der Waals surface area contributed by atoms with Crippen molar-refractivity contribution in [3.05, 3.63) is 92.6 Å². The number of aliphatic hydroxyl groups excluding tert-OH is 1. The van der Waals surface area contributed by atoms with Crippen LogP contribution in [0.25, 0.3) is 17.2 Å². The molecular weight excluding hydrogens is 460 g/mol. The number of anilines is 1. The molecule has 0 fully saturated rings. The van der Waals surface area contributed by atoms with Crippen LogP contribution in [-0.2, 0) is 13.6 Å². The number of aryl methyl sites for hydroxylation is 2. The zero-order valence-electron chi connectivity index (χ0n) is 20.3. The topological polar surface area (TPSA) is 127 Å². The highest BCUT2D eigenvalue weighted by Crippen LogP contribution is 2.19. The molecule has 0 aliphatic rings. The van der Waals surface area contributed by atoms with Crippen molar-refractivity contribution < 1.29 is 9.84 Å². The summed E-state index contributed by atoms with van der Waals surface area (Å²) < 4.78 is 8.50. The Morgan fingerprint density at radius 3 is 2.67 bits per heavy atom. The summed E-state index contributed by atoms with van der Waals surface area (Å²) in [5.74, 6) is 0.871. The number of hydrogen-bond donors (Lipinski definition) is 3. The molecule has 0 unspecified atom stereocenters. The number of nitrogens with zero attached hydrogens (tertiary/aromatic N) is 4. The van der Waals surface area contributed by atoms with Gasteiger partial charge in [0.15, 0.2) is 11.2 Å². The Labute approximate surface area is 207 Å². The molecular formula is C26H28N6O4. The summed E-state index contributed by atoms with van der Waals surface area (Å²) in [4.78, 5) is 31.5. The maximum atomic E-state index is 12.7. The summed E-state index contributed by atoms with van der Waals surface area (Å²) in [6.07, 6.45) is 2.79. The van der Waals surface area contributed by atoms with E-state index in [0.717, 1.165) is 11.1 Å². The molecule has 4 aromatic rings. The van der Waals surface area contributed by atoms with E-state index in [1.807, 2.05) is 80.6 Å². The minimum absolute atomic E-state index is 0.00422. The van der Waals surface area contributed by atoms with E-state index in [1.165, 1.54) is 16.2 Å². The van der Waals surface area contributed by atoms with Crippen molar-refractivity contribution in [3.63, 3.8) is 0 Å². The smallest absolute Gasteiger partial charge is 0.329 e. The molecule has 4 rings (SSSR count). The SMILES string of the molecule is CC(/C=C/c1ccccc1)=N/Nc1nc2c(c(=O)[nH]c(=O)n2C)n1C[C@H](O)COc1ccccc1C. The zero-order chi connectivity index (χ0) is 25.7. The van der Waals surface area contributed by atoms with Crippen molar-refractivity contribution in [1.29, 1.82) is 0 Å². The number of benzene rings is 2. The first-order chi connectivity index (χ1) is 17.3. The number of hydrazone groups is 1. The van der Waals surface area contributed by atoms with Gasteiger partial charge in [0.2, 0.25) is 5.95 Å². The van der Waals surface area contributed by atoms with Crippen LogP contribution >= 0.6 is 0 Å². The number of H-pyrrole nitrogens is 1. The lowest BCUT2D eigenvalue weighted by molar-refractivity contribution is 0.0935. The Morgan fingerprint density at radius 2 is 1.92 bits per heavy atom. The maximum Gasteiger partial charge on any atom is 0.329 e. The van der Waals surface area contributed by atoms with Crippen molar-refractivity contribution in [2.45, 2.75) is 26.5 Å². The Hall–Kier alpha value is -4.44. The first-order valence-electron chi connectivity index (χ1n) is 11.4. The molecule has 2 aromatic carbocycles. The van der Waals surface area contributed by atoms with Crippen LogP contribution in [0, 0.1) is 6.92 Å². The highest BCUT2D eigenvalue weighted by atomic mass is 16.5. The maximum absolute atomic E-state index is 12.7. The van der Waals surface area contributed by atoms with Crippen LogP contribution in [0.2, 0.25) is 0 Å². The highest BCUT2D eigenvalue weighted by molar-refractivity contribution is 5.96. The second-order valence-electron chi connectivity index (χ2n) is 8.38. The molecule has 186 valence electrons. The van der Waals surface area contributed by atoms with Gasteiger partial charge < -0.3 is 14.4 Å². The average Bonchev–Trinajstić information content (AvgIpc) is 3.23. The highest BCUT2D eigenvalue weighted by Gasteiger charge is 2.20. The van der Waals surface area contributed by atoms with Gasteiger partial charge in [0.25, 0.3) is 5.56 Å². The molecule has 0 radical (unpaired) electrons. The Kier molecular flexibility index (Phi) is 7.45. The summed E-state index contributed by atoms with van der Waals surface area (Å²) in [7, 11) is 1.51. The van der Waals surface area contributed by atoms with Crippen LogP contribution in [0.5, 0.6) is 5.75 Å². The molecule has 0 saturated heterocycles. The first-order valence-corrected chi connectivity index (χ1v) is 11.4. The van der Waals surface area contributed by atoms with Gasteiger partial charge in [0.1, 0.15) is 18.5 Å². The van der Waals surface area contributed by atoms with E-state index in [4.69, 9.17) is 4.74 Å². The lowest BCUT2D eigenvalue weighted by Crippen LogP contribution is -2.30. The molecule has 3 N–H and O–H groups in total. The van der Waals surface area contributed by atoms with Crippen molar-refractivity contribution >= 4 is 28.9 Å². The molecule has 36 heavy (non-hydrogen) atoms. The summed E-state index contributed by atoms with van der Waals surface area (Å²) in [6, 6.07) is 17.3. The molecule has 0 aliphatic carbocycles. The Balaban J connectivity index is 1.61. The standard InChI is InChI=1S/C26H28N6O4/c1-17-9-7-8-12-21(17)36-16-20(33)15-32-22-23(31(3)26(35)28-24(22)34)27-25(32)30-29-18(2)13-14-19-10-5-4-6-11-19/h4-14,20,33H,15-16H2,1-3H3,(H,27,30)(H,28,34,35)/b14-13+,29-18-/t20-/m0/s1. The number of ether oxygens (including phenoxy) is 1. The number of allylic oxidation sites excluding steroid dienone is 1. The fourth-order valence-electron chi connectivity index (χ4n) is 3.62.